The van der Waals surface area contributed by atoms with E-state index < -0.39 is 18.7 Å². The number of alkyl halides is 3. The zero-order chi connectivity index (χ0) is 12.3. The SMILES string of the molecule is Nc1ccc(NCC(F)(F)F)cc1C(=O)O. The van der Waals surface area contributed by atoms with E-state index in [9.17, 15) is 18.0 Å². The minimum Gasteiger partial charge on any atom is -0.478 e. The Bertz CT molecular complexity index is 404. The second-order valence-corrected chi connectivity index (χ2v) is 3.08. The summed E-state index contributed by atoms with van der Waals surface area (Å²) in [6.07, 6.45) is -4.36. The number of hydrogen-bond acceptors (Lipinski definition) is 3. The van der Waals surface area contributed by atoms with Crippen LogP contribution in [-0.4, -0.2) is 23.8 Å². The number of benzene rings is 1. The lowest BCUT2D eigenvalue weighted by molar-refractivity contribution is -0.115. The molecule has 7 heteroatoms. The molecule has 0 amide bonds. The van der Waals surface area contributed by atoms with Crippen molar-refractivity contribution >= 4 is 17.3 Å². The Balaban J connectivity index is 2.83. The summed E-state index contributed by atoms with van der Waals surface area (Å²) in [5.74, 6) is -1.28. The molecule has 0 aliphatic heterocycles. The molecule has 0 fully saturated rings. The maximum Gasteiger partial charge on any atom is 0.405 e. The molecule has 88 valence electrons. The van der Waals surface area contributed by atoms with E-state index >= 15 is 0 Å². The lowest BCUT2D eigenvalue weighted by atomic mass is 10.1. The molecule has 0 aliphatic carbocycles. The van der Waals surface area contributed by atoms with E-state index in [4.69, 9.17) is 10.8 Å². The van der Waals surface area contributed by atoms with Gasteiger partial charge in [-0.3, -0.25) is 0 Å². The Morgan fingerprint density at radius 3 is 2.56 bits per heavy atom. The van der Waals surface area contributed by atoms with E-state index in [1.807, 2.05) is 0 Å². The first-order valence-electron chi connectivity index (χ1n) is 4.23. The first-order valence-corrected chi connectivity index (χ1v) is 4.23. The Morgan fingerprint density at radius 1 is 1.44 bits per heavy atom. The number of carboxylic acid groups (broad SMARTS) is 1. The highest BCUT2D eigenvalue weighted by atomic mass is 19.4. The van der Waals surface area contributed by atoms with Crippen molar-refractivity contribution in [3.63, 3.8) is 0 Å². The van der Waals surface area contributed by atoms with Gasteiger partial charge in [0.15, 0.2) is 0 Å². The average molecular weight is 234 g/mol. The number of carboxylic acids is 1. The summed E-state index contributed by atoms with van der Waals surface area (Å²) in [6, 6.07) is 3.58. The molecule has 0 aliphatic rings. The predicted octanol–water partition coefficient (Wildman–Crippen LogP) is 1.94. The number of carbonyl (C=O) groups is 1. The molecule has 1 rings (SSSR count). The van der Waals surface area contributed by atoms with Crippen LogP contribution >= 0.6 is 0 Å². The quantitative estimate of drug-likeness (QED) is 0.698. The monoisotopic (exact) mass is 234 g/mol. The zero-order valence-corrected chi connectivity index (χ0v) is 8.01. The van der Waals surface area contributed by atoms with Crippen molar-refractivity contribution in [1.29, 1.82) is 0 Å². The van der Waals surface area contributed by atoms with Gasteiger partial charge in [-0.05, 0) is 18.2 Å². The smallest absolute Gasteiger partial charge is 0.405 e. The van der Waals surface area contributed by atoms with E-state index in [0.717, 1.165) is 6.07 Å². The molecule has 0 unspecified atom stereocenters. The van der Waals surface area contributed by atoms with Crippen LogP contribution in [0.1, 0.15) is 10.4 Å². The predicted molar refractivity (Wildman–Crippen MR) is 52.4 cm³/mol. The lowest BCUT2D eigenvalue weighted by Gasteiger charge is -2.10. The number of hydrogen-bond donors (Lipinski definition) is 3. The highest BCUT2D eigenvalue weighted by Crippen LogP contribution is 2.20. The molecule has 0 radical (unpaired) electrons. The highest BCUT2D eigenvalue weighted by Gasteiger charge is 2.26. The highest BCUT2D eigenvalue weighted by molar-refractivity contribution is 5.94. The molecule has 16 heavy (non-hydrogen) atoms. The molecule has 4 N–H and O–H groups in total. The average Bonchev–Trinajstić information content (AvgIpc) is 2.14. The molecule has 1 aromatic carbocycles. The van der Waals surface area contributed by atoms with E-state index in [2.05, 4.69) is 5.32 Å². The molecule has 0 spiro atoms. The fourth-order valence-corrected chi connectivity index (χ4v) is 1.05. The number of nitrogens with one attached hydrogen (secondary N) is 1. The molecular weight excluding hydrogens is 225 g/mol. The van der Waals surface area contributed by atoms with E-state index in [1.165, 1.54) is 12.1 Å². The Hall–Kier alpha value is -1.92. The first kappa shape index (κ1) is 12.2. The van der Waals surface area contributed by atoms with Gasteiger partial charge in [-0.15, -0.1) is 0 Å². The standard InChI is InChI=1S/C9H9F3N2O2/c10-9(11,12)4-14-5-1-2-7(13)6(3-5)8(15)16/h1-3,14H,4,13H2,(H,15,16). The molecular formula is C9H9F3N2O2. The number of halogens is 3. The number of anilines is 2. The second-order valence-electron chi connectivity index (χ2n) is 3.08. The molecule has 0 saturated heterocycles. The minimum absolute atomic E-state index is 0.00468. The van der Waals surface area contributed by atoms with Crippen molar-refractivity contribution in [2.75, 3.05) is 17.6 Å². The van der Waals surface area contributed by atoms with Crippen LogP contribution in [0.15, 0.2) is 18.2 Å². The van der Waals surface area contributed by atoms with Crippen LogP contribution in [0.4, 0.5) is 24.5 Å². The van der Waals surface area contributed by atoms with Gasteiger partial charge in [0.2, 0.25) is 0 Å². The third-order valence-electron chi connectivity index (χ3n) is 1.78. The van der Waals surface area contributed by atoms with Crippen LogP contribution in [0.2, 0.25) is 0 Å². The summed E-state index contributed by atoms with van der Waals surface area (Å²) in [4.78, 5) is 10.6. The van der Waals surface area contributed by atoms with Crippen molar-refractivity contribution < 1.29 is 23.1 Å². The largest absolute Gasteiger partial charge is 0.478 e. The number of aromatic carboxylic acids is 1. The summed E-state index contributed by atoms with van der Waals surface area (Å²) in [7, 11) is 0. The van der Waals surface area contributed by atoms with Crippen LogP contribution in [-0.2, 0) is 0 Å². The molecule has 0 heterocycles. The topological polar surface area (TPSA) is 75.3 Å². The molecule has 1 aromatic rings. The maximum absolute atomic E-state index is 11.9. The van der Waals surface area contributed by atoms with E-state index in [1.54, 1.807) is 0 Å². The Labute approximate surface area is 88.9 Å². The maximum atomic E-state index is 11.9. The first-order chi connectivity index (χ1) is 7.29. The van der Waals surface area contributed by atoms with Gasteiger partial charge in [0.25, 0.3) is 0 Å². The zero-order valence-electron chi connectivity index (χ0n) is 8.01. The summed E-state index contributed by atoms with van der Waals surface area (Å²) in [5, 5.41) is 10.8. The number of rotatable bonds is 3. The van der Waals surface area contributed by atoms with Gasteiger partial charge in [0.1, 0.15) is 6.54 Å². The van der Waals surface area contributed by atoms with Gasteiger partial charge in [-0.25, -0.2) is 4.79 Å². The van der Waals surface area contributed by atoms with Crippen LogP contribution in [0.5, 0.6) is 0 Å². The van der Waals surface area contributed by atoms with Crippen LogP contribution in [0, 0.1) is 0 Å². The molecule has 0 atom stereocenters. The van der Waals surface area contributed by atoms with Crippen molar-refractivity contribution in [2.24, 2.45) is 0 Å². The minimum atomic E-state index is -4.36. The Morgan fingerprint density at radius 2 is 2.06 bits per heavy atom. The number of nitrogen functional groups attached to an aromatic ring is 1. The van der Waals surface area contributed by atoms with Crippen LogP contribution in [0.3, 0.4) is 0 Å². The van der Waals surface area contributed by atoms with Crippen molar-refractivity contribution in [2.45, 2.75) is 6.18 Å². The summed E-state index contributed by atoms with van der Waals surface area (Å²) >= 11 is 0. The van der Waals surface area contributed by atoms with E-state index in [-0.39, 0.29) is 16.9 Å². The van der Waals surface area contributed by atoms with Gasteiger partial charge in [-0.1, -0.05) is 0 Å². The van der Waals surface area contributed by atoms with Gasteiger partial charge >= 0.3 is 12.1 Å². The fourth-order valence-electron chi connectivity index (χ4n) is 1.05. The van der Waals surface area contributed by atoms with Crippen LogP contribution in [0.25, 0.3) is 0 Å². The van der Waals surface area contributed by atoms with Crippen molar-refractivity contribution in [3.8, 4) is 0 Å². The Kier molecular flexibility index (Phi) is 3.26. The van der Waals surface area contributed by atoms with Gasteiger partial charge in [0, 0.05) is 11.4 Å². The molecule has 4 nitrogen and oxygen atoms in total. The van der Waals surface area contributed by atoms with E-state index in [0.29, 0.717) is 0 Å². The van der Waals surface area contributed by atoms with Crippen molar-refractivity contribution in [1.82, 2.24) is 0 Å². The molecule has 0 bridgehead atoms. The normalized spacial score (nSPS) is 11.2. The van der Waals surface area contributed by atoms with Crippen LogP contribution < -0.4 is 11.1 Å². The molecule has 0 aromatic heterocycles. The molecule has 0 saturated carbocycles. The van der Waals surface area contributed by atoms with Crippen molar-refractivity contribution in [3.05, 3.63) is 23.8 Å². The number of nitrogens with two attached hydrogens (primary N) is 1. The summed E-state index contributed by atoms with van der Waals surface area (Å²) < 4.78 is 35.6. The van der Waals surface area contributed by atoms with Gasteiger partial charge < -0.3 is 16.2 Å². The lowest BCUT2D eigenvalue weighted by Crippen LogP contribution is -2.21. The van der Waals surface area contributed by atoms with Gasteiger partial charge in [0.05, 0.1) is 5.56 Å². The third-order valence-corrected chi connectivity index (χ3v) is 1.78. The third kappa shape index (κ3) is 3.34. The summed E-state index contributed by atoms with van der Waals surface area (Å²) in [5.41, 5.74) is 5.18. The fraction of sp³-hybridized carbons (Fsp3) is 0.222. The summed E-state index contributed by atoms with van der Waals surface area (Å²) in [6.45, 7) is -1.23. The van der Waals surface area contributed by atoms with Gasteiger partial charge in [-0.2, -0.15) is 13.2 Å². The second kappa shape index (κ2) is 4.30.